The van der Waals surface area contributed by atoms with Crippen molar-refractivity contribution in [3.05, 3.63) is 83.4 Å². The van der Waals surface area contributed by atoms with Gasteiger partial charge in [-0.2, -0.15) is 0 Å². The summed E-state index contributed by atoms with van der Waals surface area (Å²) in [5.74, 6) is -0.685. The molecule has 3 aromatic carbocycles. The van der Waals surface area contributed by atoms with Gasteiger partial charge in [-0.3, -0.25) is 15.0 Å². The maximum atomic E-state index is 12.5. The molecule has 0 saturated heterocycles. The standard InChI is InChI=1S/C24H27N5O2/c1-15(23(30)28-14-16-6-10-19(11-7-16)22(26)27)29-24(31)21(25)13-17-8-9-18-4-2-3-5-20(18)12-17/h2-12,15,21H,13-14,25H2,1H3,(H3,26,27)(H,28,30)(H,29,31)/t15-,21+/m0/s1. The van der Waals surface area contributed by atoms with E-state index < -0.39 is 12.1 Å². The number of hydrogen-bond acceptors (Lipinski definition) is 4. The molecule has 3 rings (SSSR count). The average molecular weight is 418 g/mol. The minimum atomic E-state index is -0.754. The number of nitrogens with one attached hydrogen (secondary N) is 3. The highest BCUT2D eigenvalue weighted by molar-refractivity contribution is 5.95. The molecule has 0 unspecified atom stereocenters. The van der Waals surface area contributed by atoms with Gasteiger partial charge in [0.2, 0.25) is 11.8 Å². The molecule has 31 heavy (non-hydrogen) atoms. The molecule has 0 aliphatic carbocycles. The van der Waals surface area contributed by atoms with E-state index in [1.54, 1.807) is 31.2 Å². The van der Waals surface area contributed by atoms with Crippen molar-refractivity contribution in [3.63, 3.8) is 0 Å². The molecule has 7 N–H and O–H groups in total. The topological polar surface area (TPSA) is 134 Å². The summed E-state index contributed by atoms with van der Waals surface area (Å²) in [6.07, 6.45) is 0.382. The van der Waals surface area contributed by atoms with Crippen molar-refractivity contribution in [1.82, 2.24) is 10.6 Å². The number of benzene rings is 3. The van der Waals surface area contributed by atoms with E-state index in [1.165, 1.54) is 0 Å². The van der Waals surface area contributed by atoms with Crippen LogP contribution in [0.3, 0.4) is 0 Å². The molecule has 0 saturated carbocycles. The van der Waals surface area contributed by atoms with Gasteiger partial charge in [0.05, 0.1) is 6.04 Å². The van der Waals surface area contributed by atoms with E-state index in [9.17, 15) is 9.59 Å². The summed E-state index contributed by atoms with van der Waals surface area (Å²) in [6, 6.07) is 19.6. The first-order valence-electron chi connectivity index (χ1n) is 10.1. The van der Waals surface area contributed by atoms with Crippen LogP contribution in [0, 0.1) is 5.41 Å². The molecule has 2 atom stereocenters. The SMILES string of the molecule is C[C@H](NC(=O)[C@H](N)Cc1ccc2ccccc2c1)C(=O)NCc1ccc(C(=N)N)cc1. The van der Waals surface area contributed by atoms with E-state index in [-0.39, 0.29) is 17.6 Å². The van der Waals surface area contributed by atoms with Crippen molar-refractivity contribution in [2.45, 2.75) is 32.0 Å². The van der Waals surface area contributed by atoms with Crippen molar-refractivity contribution >= 4 is 28.4 Å². The monoisotopic (exact) mass is 417 g/mol. The van der Waals surface area contributed by atoms with E-state index in [4.69, 9.17) is 16.9 Å². The molecule has 160 valence electrons. The van der Waals surface area contributed by atoms with Gasteiger partial charge in [0, 0.05) is 12.1 Å². The predicted molar refractivity (Wildman–Crippen MR) is 123 cm³/mol. The number of nitrogen functional groups attached to an aromatic ring is 1. The van der Waals surface area contributed by atoms with Crippen molar-refractivity contribution in [3.8, 4) is 0 Å². The van der Waals surface area contributed by atoms with Gasteiger partial charge < -0.3 is 22.1 Å². The molecule has 0 radical (unpaired) electrons. The summed E-state index contributed by atoms with van der Waals surface area (Å²) in [7, 11) is 0. The van der Waals surface area contributed by atoms with E-state index in [1.807, 2.05) is 42.5 Å². The lowest BCUT2D eigenvalue weighted by Gasteiger charge is -2.18. The van der Waals surface area contributed by atoms with Gasteiger partial charge in [-0.05, 0) is 35.2 Å². The first-order valence-corrected chi connectivity index (χ1v) is 10.1. The van der Waals surface area contributed by atoms with E-state index in [0.29, 0.717) is 18.5 Å². The Kier molecular flexibility index (Phi) is 6.99. The minimum absolute atomic E-state index is 0.00746. The van der Waals surface area contributed by atoms with Gasteiger partial charge in [-0.25, -0.2) is 0 Å². The zero-order valence-electron chi connectivity index (χ0n) is 17.4. The molecule has 0 spiro atoms. The van der Waals surface area contributed by atoms with E-state index in [0.717, 1.165) is 21.9 Å². The molecule has 7 nitrogen and oxygen atoms in total. The third-order valence-electron chi connectivity index (χ3n) is 5.09. The van der Waals surface area contributed by atoms with Crippen LogP contribution in [0.2, 0.25) is 0 Å². The summed E-state index contributed by atoms with van der Waals surface area (Å²) in [5.41, 5.74) is 14.0. The van der Waals surface area contributed by atoms with Crippen LogP contribution in [0.15, 0.2) is 66.7 Å². The van der Waals surface area contributed by atoms with Crippen LogP contribution in [0.1, 0.15) is 23.6 Å². The maximum absolute atomic E-state index is 12.5. The summed E-state index contributed by atoms with van der Waals surface area (Å²) in [6.45, 7) is 1.93. The fraction of sp³-hybridized carbons (Fsp3) is 0.208. The van der Waals surface area contributed by atoms with Gasteiger partial charge >= 0.3 is 0 Å². The third-order valence-corrected chi connectivity index (χ3v) is 5.09. The highest BCUT2D eigenvalue weighted by atomic mass is 16.2. The number of amides is 2. The maximum Gasteiger partial charge on any atom is 0.242 e. The number of fused-ring (bicyclic) bond motifs is 1. The largest absolute Gasteiger partial charge is 0.384 e. The first-order chi connectivity index (χ1) is 14.8. The number of amidine groups is 1. The van der Waals surface area contributed by atoms with Gasteiger partial charge in [-0.15, -0.1) is 0 Å². The summed E-state index contributed by atoms with van der Waals surface area (Å²) in [4.78, 5) is 24.8. The molecule has 2 amide bonds. The summed E-state index contributed by atoms with van der Waals surface area (Å²) >= 11 is 0. The molecule has 0 aromatic heterocycles. The molecular formula is C24H27N5O2. The van der Waals surface area contributed by atoms with Crippen LogP contribution in [0.4, 0.5) is 0 Å². The van der Waals surface area contributed by atoms with Crippen molar-refractivity contribution < 1.29 is 9.59 Å². The van der Waals surface area contributed by atoms with Crippen LogP contribution >= 0.6 is 0 Å². The Balaban J connectivity index is 1.49. The third kappa shape index (κ3) is 5.90. The molecule has 3 aromatic rings. The number of nitrogens with two attached hydrogens (primary N) is 2. The molecular weight excluding hydrogens is 390 g/mol. The number of carbonyl (C=O) groups is 2. The lowest BCUT2D eigenvalue weighted by molar-refractivity contribution is -0.129. The second kappa shape index (κ2) is 9.86. The second-order valence-corrected chi connectivity index (χ2v) is 7.55. The first kappa shape index (κ1) is 22.0. The molecule has 0 aliphatic heterocycles. The molecule has 7 heteroatoms. The lowest BCUT2D eigenvalue weighted by atomic mass is 10.0. The van der Waals surface area contributed by atoms with Gasteiger partial charge in [0.25, 0.3) is 0 Å². The van der Waals surface area contributed by atoms with Gasteiger partial charge in [-0.1, -0.05) is 66.7 Å². The Morgan fingerprint density at radius 1 is 0.935 bits per heavy atom. The van der Waals surface area contributed by atoms with Gasteiger partial charge in [0.1, 0.15) is 11.9 Å². The Hall–Kier alpha value is -3.71. The van der Waals surface area contributed by atoms with Crippen molar-refractivity contribution in [2.75, 3.05) is 0 Å². The van der Waals surface area contributed by atoms with Gasteiger partial charge in [0.15, 0.2) is 0 Å². The summed E-state index contributed by atoms with van der Waals surface area (Å²) in [5, 5.41) is 15.1. The molecule has 0 aliphatic rings. The molecule has 0 heterocycles. The smallest absolute Gasteiger partial charge is 0.242 e. The normalized spacial score (nSPS) is 12.7. The summed E-state index contributed by atoms with van der Waals surface area (Å²) < 4.78 is 0. The zero-order valence-corrected chi connectivity index (χ0v) is 17.4. The quantitative estimate of drug-likeness (QED) is 0.282. The Morgan fingerprint density at radius 3 is 2.26 bits per heavy atom. The fourth-order valence-electron chi connectivity index (χ4n) is 3.24. The Bertz CT molecular complexity index is 1090. The van der Waals surface area contributed by atoms with Crippen LogP contribution in [0.25, 0.3) is 10.8 Å². The van der Waals surface area contributed by atoms with Crippen LogP contribution in [0.5, 0.6) is 0 Å². The predicted octanol–water partition coefficient (Wildman–Crippen LogP) is 1.81. The van der Waals surface area contributed by atoms with E-state index >= 15 is 0 Å². The highest BCUT2D eigenvalue weighted by Crippen LogP contribution is 2.16. The second-order valence-electron chi connectivity index (χ2n) is 7.55. The van der Waals surface area contributed by atoms with Crippen LogP contribution in [-0.4, -0.2) is 29.7 Å². The lowest BCUT2D eigenvalue weighted by Crippen LogP contribution is -2.50. The number of carbonyl (C=O) groups excluding carboxylic acids is 2. The Morgan fingerprint density at radius 2 is 1.58 bits per heavy atom. The number of rotatable bonds is 8. The van der Waals surface area contributed by atoms with Crippen LogP contribution in [-0.2, 0) is 22.6 Å². The highest BCUT2D eigenvalue weighted by Gasteiger charge is 2.20. The zero-order chi connectivity index (χ0) is 22.4. The van der Waals surface area contributed by atoms with Crippen molar-refractivity contribution in [2.24, 2.45) is 11.5 Å². The molecule has 0 bridgehead atoms. The average Bonchev–Trinajstić information content (AvgIpc) is 2.77. The fourth-order valence-corrected chi connectivity index (χ4v) is 3.24. The van der Waals surface area contributed by atoms with E-state index in [2.05, 4.69) is 10.6 Å². The Labute approximate surface area is 181 Å². The molecule has 0 fully saturated rings. The van der Waals surface area contributed by atoms with Crippen molar-refractivity contribution in [1.29, 1.82) is 5.41 Å². The number of hydrogen-bond donors (Lipinski definition) is 5. The van der Waals surface area contributed by atoms with Crippen LogP contribution < -0.4 is 22.1 Å². The minimum Gasteiger partial charge on any atom is -0.384 e.